The van der Waals surface area contributed by atoms with Crippen LogP contribution in [0.4, 0.5) is 4.39 Å². The van der Waals surface area contributed by atoms with Crippen molar-refractivity contribution < 1.29 is 4.39 Å². The Morgan fingerprint density at radius 1 is 1.38 bits per heavy atom. The largest absolute Gasteiger partial charge is 0.319 e. The van der Waals surface area contributed by atoms with Gasteiger partial charge in [0.25, 0.3) is 5.56 Å². The standard InChI is InChI=1S/C10H5ClFN3O/c11-5-4-13-15-8(5)10(16)14-7-3-1-2-6(12)9(7)15/h1-4H,(H,14,16). The molecule has 3 rings (SSSR count). The van der Waals surface area contributed by atoms with Crippen molar-refractivity contribution in [1.29, 1.82) is 0 Å². The van der Waals surface area contributed by atoms with Gasteiger partial charge < -0.3 is 4.98 Å². The first-order valence-corrected chi connectivity index (χ1v) is 4.90. The van der Waals surface area contributed by atoms with Crippen LogP contribution >= 0.6 is 11.6 Å². The summed E-state index contributed by atoms with van der Waals surface area (Å²) in [5, 5.41) is 4.09. The fourth-order valence-electron chi connectivity index (χ4n) is 1.72. The molecule has 2 heterocycles. The lowest BCUT2D eigenvalue weighted by molar-refractivity contribution is 0.632. The number of halogens is 2. The number of nitrogens with zero attached hydrogens (tertiary/aromatic N) is 2. The molecule has 0 saturated heterocycles. The molecule has 3 aromatic rings. The van der Waals surface area contributed by atoms with Crippen LogP contribution in [-0.2, 0) is 0 Å². The minimum Gasteiger partial charge on any atom is -0.319 e. The second kappa shape index (κ2) is 3.05. The first-order valence-electron chi connectivity index (χ1n) is 4.52. The van der Waals surface area contributed by atoms with E-state index in [-0.39, 0.29) is 21.6 Å². The second-order valence-electron chi connectivity index (χ2n) is 3.34. The van der Waals surface area contributed by atoms with Crippen molar-refractivity contribution in [2.75, 3.05) is 0 Å². The smallest absolute Gasteiger partial charge is 0.276 e. The molecule has 0 fully saturated rings. The number of H-pyrrole nitrogens is 1. The number of aromatic nitrogens is 3. The van der Waals surface area contributed by atoms with Crippen LogP contribution in [0.15, 0.2) is 29.2 Å². The van der Waals surface area contributed by atoms with E-state index in [1.807, 2.05) is 0 Å². The van der Waals surface area contributed by atoms with Gasteiger partial charge in [0.1, 0.15) is 5.52 Å². The fourth-order valence-corrected chi connectivity index (χ4v) is 1.93. The van der Waals surface area contributed by atoms with E-state index in [1.54, 1.807) is 6.07 Å². The van der Waals surface area contributed by atoms with Crippen LogP contribution in [-0.4, -0.2) is 14.6 Å². The first kappa shape index (κ1) is 9.35. The zero-order chi connectivity index (χ0) is 11.3. The van der Waals surface area contributed by atoms with Gasteiger partial charge in [-0.3, -0.25) is 4.79 Å². The number of hydrogen-bond acceptors (Lipinski definition) is 2. The molecule has 0 bridgehead atoms. The van der Waals surface area contributed by atoms with Crippen molar-refractivity contribution in [1.82, 2.24) is 14.6 Å². The van der Waals surface area contributed by atoms with E-state index in [9.17, 15) is 9.18 Å². The highest BCUT2D eigenvalue weighted by Gasteiger charge is 2.12. The van der Waals surface area contributed by atoms with Crippen LogP contribution < -0.4 is 5.56 Å². The molecule has 0 aliphatic rings. The van der Waals surface area contributed by atoms with Crippen molar-refractivity contribution in [3.8, 4) is 0 Å². The zero-order valence-corrected chi connectivity index (χ0v) is 8.62. The van der Waals surface area contributed by atoms with Crippen molar-refractivity contribution in [3.05, 3.63) is 45.6 Å². The maximum Gasteiger partial charge on any atom is 0.276 e. The minimum atomic E-state index is -0.460. The highest BCUT2D eigenvalue weighted by Crippen LogP contribution is 2.19. The molecular formula is C10H5ClFN3O. The Morgan fingerprint density at radius 3 is 3.00 bits per heavy atom. The Morgan fingerprint density at radius 2 is 2.19 bits per heavy atom. The predicted octanol–water partition coefficient (Wildman–Crippen LogP) is 1.97. The molecule has 0 radical (unpaired) electrons. The summed E-state index contributed by atoms with van der Waals surface area (Å²) in [7, 11) is 0. The monoisotopic (exact) mass is 237 g/mol. The molecule has 80 valence electrons. The number of para-hydroxylation sites is 1. The van der Waals surface area contributed by atoms with E-state index in [2.05, 4.69) is 10.1 Å². The van der Waals surface area contributed by atoms with Gasteiger partial charge in [-0.05, 0) is 12.1 Å². The number of rotatable bonds is 0. The molecule has 16 heavy (non-hydrogen) atoms. The molecule has 2 aromatic heterocycles. The molecule has 0 amide bonds. The quantitative estimate of drug-likeness (QED) is 0.650. The van der Waals surface area contributed by atoms with Crippen LogP contribution in [0.25, 0.3) is 16.6 Å². The summed E-state index contributed by atoms with van der Waals surface area (Å²) >= 11 is 5.80. The van der Waals surface area contributed by atoms with E-state index in [0.29, 0.717) is 5.52 Å². The molecule has 1 aromatic carbocycles. The van der Waals surface area contributed by atoms with Crippen molar-refractivity contribution in [2.45, 2.75) is 0 Å². The third kappa shape index (κ3) is 1.09. The summed E-state index contributed by atoms with van der Waals surface area (Å²) < 4.78 is 14.8. The second-order valence-corrected chi connectivity index (χ2v) is 3.75. The Balaban J connectivity index is 2.73. The molecule has 0 aliphatic carbocycles. The lowest BCUT2D eigenvalue weighted by Crippen LogP contribution is -2.11. The van der Waals surface area contributed by atoms with Gasteiger partial charge in [0.15, 0.2) is 11.3 Å². The van der Waals surface area contributed by atoms with Gasteiger partial charge in [-0.1, -0.05) is 17.7 Å². The summed E-state index contributed by atoms with van der Waals surface area (Å²) in [4.78, 5) is 14.2. The first-order chi connectivity index (χ1) is 7.68. The maximum absolute atomic E-state index is 13.6. The summed E-state index contributed by atoms with van der Waals surface area (Å²) in [5.74, 6) is -0.460. The van der Waals surface area contributed by atoms with Gasteiger partial charge in [0, 0.05) is 0 Å². The van der Waals surface area contributed by atoms with E-state index >= 15 is 0 Å². The zero-order valence-electron chi connectivity index (χ0n) is 7.87. The molecule has 6 heteroatoms. The Kier molecular flexibility index (Phi) is 1.79. The van der Waals surface area contributed by atoms with Crippen LogP contribution in [0, 0.1) is 5.82 Å². The average Bonchev–Trinajstić information content (AvgIpc) is 2.61. The number of benzene rings is 1. The van der Waals surface area contributed by atoms with Gasteiger partial charge in [-0.25, -0.2) is 8.91 Å². The van der Waals surface area contributed by atoms with Crippen LogP contribution in [0.1, 0.15) is 0 Å². The summed E-state index contributed by atoms with van der Waals surface area (Å²) in [6, 6.07) is 4.43. The SMILES string of the molecule is O=c1[nH]c2cccc(F)c2n2ncc(Cl)c12. The van der Waals surface area contributed by atoms with Gasteiger partial charge in [0.05, 0.1) is 16.7 Å². The van der Waals surface area contributed by atoms with Crippen molar-refractivity contribution in [2.24, 2.45) is 0 Å². The molecule has 0 aliphatic heterocycles. The third-order valence-electron chi connectivity index (χ3n) is 2.39. The van der Waals surface area contributed by atoms with Crippen LogP contribution in [0.2, 0.25) is 5.02 Å². The minimum absolute atomic E-state index is 0.152. The number of aromatic amines is 1. The third-order valence-corrected chi connectivity index (χ3v) is 2.66. The molecule has 0 saturated carbocycles. The molecule has 0 spiro atoms. The number of hydrogen-bond donors (Lipinski definition) is 1. The topological polar surface area (TPSA) is 50.2 Å². The van der Waals surface area contributed by atoms with Crippen molar-refractivity contribution in [3.63, 3.8) is 0 Å². The molecule has 0 atom stereocenters. The van der Waals surface area contributed by atoms with E-state index in [0.717, 1.165) is 0 Å². The van der Waals surface area contributed by atoms with Crippen LogP contribution in [0.5, 0.6) is 0 Å². The summed E-state index contributed by atoms with van der Waals surface area (Å²) in [5.41, 5.74) is 0.362. The Bertz CT molecular complexity index is 762. The lowest BCUT2D eigenvalue weighted by Gasteiger charge is -2.01. The normalized spacial score (nSPS) is 11.4. The maximum atomic E-state index is 13.6. The highest BCUT2D eigenvalue weighted by atomic mass is 35.5. The fraction of sp³-hybridized carbons (Fsp3) is 0. The van der Waals surface area contributed by atoms with Crippen molar-refractivity contribution >= 4 is 28.2 Å². The Labute approximate surface area is 93.3 Å². The predicted molar refractivity (Wildman–Crippen MR) is 58.3 cm³/mol. The summed E-state index contributed by atoms with van der Waals surface area (Å²) in [6.07, 6.45) is 1.32. The van der Waals surface area contributed by atoms with E-state index in [4.69, 9.17) is 11.6 Å². The molecule has 0 unspecified atom stereocenters. The molecule has 4 nitrogen and oxygen atoms in total. The van der Waals surface area contributed by atoms with Gasteiger partial charge in [0.2, 0.25) is 0 Å². The van der Waals surface area contributed by atoms with Gasteiger partial charge in [-0.2, -0.15) is 5.10 Å². The molecular weight excluding hydrogens is 233 g/mol. The van der Waals surface area contributed by atoms with Gasteiger partial charge in [-0.15, -0.1) is 0 Å². The number of nitrogens with one attached hydrogen (secondary N) is 1. The van der Waals surface area contributed by atoms with E-state index < -0.39 is 5.82 Å². The van der Waals surface area contributed by atoms with Crippen LogP contribution in [0.3, 0.4) is 0 Å². The average molecular weight is 238 g/mol. The van der Waals surface area contributed by atoms with Gasteiger partial charge >= 0.3 is 0 Å². The Hall–Kier alpha value is -1.88. The highest BCUT2D eigenvalue weighted by molar-refractivity contribution is 6.33. The molecule has 1 N–H and O–H groups in total. The summed E-state index contributed by atoms with van der Waals surface area (Å²) in [6.45, 7) is 0. The lowest BCUT2D eigenvalue weighted by atomic mass is 10.3. The number of fused-ring (bicyclic) bond motifs is 3. The van der Waals surface area contributed by atoms with E-state index in [1.165, 1.54) is 22.8 Å².